The highest BCUT2D eigenvalue weighted by Gasteiger charge is 2.21. The third-order valence-electron chi connectivity index (χ3n) is 5.04. The van der Waals surface area contributed by atoms with Crippen molar-refractivity contribution in [3.63, 3.8) is 0 Å². The van der Waals surface area contributed by atoms with Crippen LogP contribution < -0.4 is 9.47 Å². The smallest absolute Gasteiger partial charge is 0.118 e. The SMILES string of the molecule is COc1ccc(CC(c2ccc(OC)cc2)c2cc(C#N)c(C#N)cc2C#N)cc1. The van der Waals surface area contributed by atoms with E-state index in [1.165, 1.54) is 6.07 Å². The lowest BCUT2D eigenvalue weighted by Crippen LogP contribution is -2.09. The lowest BCUT2D eigenvalue weighted by Gasteiger charge is -2.21. The second-order valence-corrected chi connectivity index (χ2v) is 6.70. The molecule has 3 aromatic rings. The quantitative estimate of drug-likeness (QED) is 0.606. The summed E-state index contributed by atoms with van der Waals surface area (Å²) in [6.07, 6.45) is 0.613. The van der Waals surface area contributed by atoms with Crippen LogP contribution in [-0.4, -0.2) is 14.2 Å². The number of hydrogen-bond acceptors (Lipinski definition) is 5. The number of nitriles is 3. The Labute approximate surface area is 176 Å². The first-order valence-corrected chi connectivity index (χ1v) is 9.28. The van der Waals surface area contributed by atoms with Gasteiger partial charge in [0.25, 0.3) is 0 Å². The van der Waals surface area contributed by atoms with Crippen LogP contribution in [0.5, 0.6) is 11.5 Å². The fourth-order valence-corrected chi connectivity index (χ4v) is 3.43. The summed E-state index contributed by atoms with van der Waals surface area (Å²) in [5.74, 6) is 1.32. The average Bonchev–Trinajstić information content (AvgIpc) is 2.82. The van der Waals surface area contributed by atoms with E-state index in [4.69, 9.17) is 9.47 Å². The molecule has 5 nitrogen and oxygen atoms in total. The van der Waals surface area contributed by atoms with Gasteiger partial charge in [0, 0.05) is 5.92 Å². The van der Waals surface area contributed by atoms with Gasteiger partial charge < -0.3 is 9.47 Å². The van der Waals surface area contributed by atoms with Crippen molar-refractivity contribution in [1.82, 2.24) is 0 Å². The van der Waals surface area contributed by atoms with Gasteiger partial charge in [0.2, 0.25) is 0 Å². The fourth-order valence-electron chi connectivity index (χ4n) is 3.43. The Morgan fingerprint density at radius 2 is 1.20 bits per heavy atom. The van der Waals surface area contributed by atoms with E-state index >= 15 is 0 Å². The van der Waals surface area contributed by atoms with Gasteiger partial charge in [-0.1, -0.05) is 24.3 Å². The first-order valence-electron chi connectivity index (χ1n) is 9.28. The van der Waals surface area contributed by atoms with Gasteiger partial charge in [0.1, 0.15) is 23.6 Å². The second-order valence-electron chi connectivity index (χ2n) is 6.70. The number of rotatable bonds is 6. The molecule has 5 heteroatoms. The van der Waals surface area contributed by atoms with E-state index in [0.717, 1.165) is 22.6 Å². The second kappa shape index (κ2) is 9.28. The van der Waals surface area contributed by atoms with Crippen LogP contribution in [0.3, 0.4) is 0 Å². The van der Waals surface area contributed by atoms with Crippen LogP contribution in [0.15, 0.2) is 60.7 Å². The maximum Gasteiger partial charge on any atom is 0.118 e. The number of methoxy groups -OCH3 is 2. The van der Waals surface area contributed by atoms with Crippen molar-refractivity contribution in [3.05, 3.63) is 94.0 Å². The highest BCUT2D eigenvalue weighted by atomic mass is 16.5. The molecule has 1 atom stereocenters. The van der Waals surface area contributed by atoms with Gasteiger partial charge in [-0.2, -0.15) is 15.8 Å². The first kappa shape index (κ1) is 20.5. The predicted molar refractivity (Wildman–Crippen MR) is 112 cm³/mol. The van der Waals surface area contributed by atoms with Gasteiger partial charge in [0.05, 0.1) is 37.0 Å². The molecule has 0 aliphatic heterocycles. The molecule has 0 heterocycles. The zero-order valence-electron chi connectivity index (χ0n) is 16.7. The molecule has 3 rings (SSSR count). The average molecular weight is 393 g/mol. The molecule has 0 fully saturated rings. The third kappa shape index (κ3) is 4.25. The molecule has 30 heavy (non-hydrogen) atoms. The Balaban J connectivity index is 2.14. The van der Waals surface area contributed by atoms with Crippen molar-refractivity contribution in [1.29, 1.82) is 15.8 Å². The largest absolute Gasteiger partial charge is 0.497 e. The number of hydrogen-bond donors (Lipinski definition) is 0. The van der Waals surface area contributed by atoms with E-state index < -0.39 is 0 Å². The molecule has 0 saturated carbocycles. The standard InChI is InChI=1S/C25H19N3O2/c1-29-22-7-3-17(4-8-22)11-24(18-5-9-23(30-2)10-6-18)25-13-20(15-27)19(14-26)12-21(25)16-28/h3-10,12-13,24H,11H2,1-2H3. The Morgan fingerprint density at radius 3 is 1.70 bits per heavy atom. The molecule has 0 spiro atoms. The molecule has 0 N–H and O–H groups in total. The summed E-state index contributed by atoms with van der Waals surface area (Å²) < 4.78 is 10.5. The Morgan fingerprint density at radius 1 is 0.700 bits per heavy atom. The van der Waals surface area contributed by atoms with Crippen molar-refractivity contribution >= 4 is 0 Å². The van der Waals surface area contributed by atoms with E-state index in [1.807, 2.05) is 54.6 Å². The van der Waals surface area contributed by atoms with Crippen molar-refractivity contribution in [2.45, 2.75) is 12.3 Å². The molecular formula is C25H19N3O2. The summed E-state index contributed by atoms with van der Waals surface area (Å²) in [6.45, 7) is 0. The van der Waals surface area contributed by atoms with Crippen LogP contribution >= 0.6 is 0 Å². The summed E-state index contributed by atoms with van der Waals surface area (Å²) in [6, 6.07) is 24.8. The van der Waals surface area contributed by atoms with E-state index in [-0.39, 0.29) is 17.0 Å². The topological polar surface area (TPSA) is 89.8 Å². The number of nitrogens with zero attached hydrogens (tertiary/aromatic N) is 3. The molecular weight excluding hydrogens is 374 g/mol. The maximum absolute atomic E-state index is 9.74. The van der Waals surface area contributed by atoms with Gasteiger partial charge in [-0.05, 0) is 59.5 Å². The molecule has 0 saturated heterocycles. The van der Waals surface area contributed by atoms with E-state index in [9.17, 15) is 15.8 Å². The molecule has 0 bridgehead atoms. The fraction of sp³-hybridized carbons (Fsp3) is 0.160. The minimum Gasteiger partial charge on any atom is -0.497 e. The predicted octanol–water partition coefficient (Wildman–Crippen LogP) is 4.69. The molecule has 0 radical (unpaired) electrons. The van der Waals surface area contributed by atoms with Gasteiger partial charge in [-0.3, -0.25) is 0 Å². The lowest BCUT2D eigenvalue weighted by atomic mass is 9.82. The van der Waals surface area contributed by atoms with Crippen LogP contribution in [0.2, 0.25) is 0 Å². The summed E-state index contributed by atoms with van der Waals surface area (Å²) in [4.78, 5) is 0. The Kier molecular flexibility index (Phi) is 6.33. The monoisotopic (exact) mass is 393 g/mol. The van der Waals surface area contributed by atoms with Gasteiger partial charge in [0.15, 0.2) is 0 Å². The molecule has 0 aromatic heterocycles. The molecule has 1 unspecified atom stereocenters. The third-order valence-corrected chi connectivity index (χ3v) is 5.04. The summed E-state index contributed by atoms with van der Waals surface area (Å²) >= 11 is 0. The van der Waals surface area contributed by atoms with E-state index in [2.05, 4.69) is 12.1 Å². The van der Waals surface area contributed by atoms with E-state index in [1.54, 1.807) is 20.3 Å². The number of ether oxygens (including phenoxy) is 2. The zero-order valence-corrected chi connectivity index (χ0v) is 16.7. The normalized spacial score (nSPS) is 10.9. The first-order chi connectivity index (χ1) is 14.6. The van der Waals surface area contributed by atoms with Crippen LogP contribution in [0, 0.1) is 34.0 Å². The summed E-state index contributed by atoms with van der Waals surface area (Å²) in [5.41, 5.74) is 3.62. The minimum absolute atomic E-state index is 0.182. The minimum atomic E-state index is -0.182. The van der Waals surface area contributed by atoms with Gasteiger partial charge in [-0.25, -0.2) is 0 Å². The maximum atomic E-state index is 9.74. The molecule has 146 valence electrons. The highest BCUT2D eigenvalue weighted by Crippen LogP contribution is 2.33. The Hall–Kier alpha value is -4.27. The summed E-state index contributed by atoms with van der Waals surface area (Å²) in [7, 11) is 3.23. The highest BCUT2D eigenvalue weighted by molar-refractivity contribution is 5.56. The zero-order chi connectivity index (χ0) is 21.5. The van der Waals surface area contributed by atoms with Crippen molar-refractivity contribution < 1.29 is 9.47 Å². The Bertz CT molecular complexity index is 1160. The summed E-state index contributed by atoms with van der Waals surface area (Å²) in [5, 5.41) is 28.5. The molecule has 0 amide bonds. The van der Waals surface area contributed by atoms with Gasteiger partial charge in [-0.15, -0.1) is 0 Å². The lowest BCUT2D eigenvalue weighted by molar-refractivity contribution is 0.414. The van der Waals surface area contributed by atoms with E-state index in [0.29, 0.717) is 17.5 Å². The van der Waals surface area contributed by atoms with Gasteiger partial charge >= 0.3 is 0 Å². The van der Waals surface area contributed by atoms with Crippen LogP contribution in [0.4, 0.5) is 0 Å². The van der Waals surface area contributed by atoms with Crippen molar-refractivity contribution in [2.75, 3.05) is 14.2 Å². The molecule has 0 aliphatic rings. The van der Waals surface area contributed by atoms with Crippen LogP contribution in [0.1, 0.15) is 39.3 Å². The van der Waals surface area contributed by atoms with Crippen LogP contribution in [0.25, 0.3) is 0 Å². The molecule has 3 aromatic carbocycles. The molecule has 0 aliphatic carbocycles. The van der Waals surface area contributed by atoms with Crippen LogP contribution in [-0.2, 0) is 6.42 Å². The van der Waals surface area contributed by atoms with Crippen molar-refractivity contribution in [2.24, 2.45) is 0 Å². The number of benzene rings is 3. The van der Waals surface area contributed by atoms with Crippen molar-refractivity contribution in [3.8, 4) is 29.7 Å².